The Labute approximate surface area is 78.6 Å². The van der Waals surface area contributed by atoms with E-state index in [2.05, 4.69) is 12.2 Å². The molecule has 2 aliphatic heterocycles. The van der Waals surface area contributed by atoms with E-state index in [1.165, 1.54) is 0 Å². The zero-order valence-corrected chi connectivity index (χ0v) is 8.56. The van der Waals surface area contributed by atoms with Crippen LogP contribution in [0.3, 0.4) is 0 Å². The van der Waals surface area contributed by atoms with Crippen LogP contribution < -0.4 is 5.32 Å². The first kappa shape index (κ1) is 9.43. The molecular weight excluding hydrogens is 190 g/mol. The zero-order valence-electron chi connectivity index (χ0n) is 7.75. The van der Waals surface area contributed by atoms with Crippen LogP contribution in [0.2, 0.25) is 0 Å². The summed E-state index contributed by atoms with van der Waals surface area (Å²) in [5, 5.41) is 3.26. The molecule has 2 heterocycles. The van der Waals surface area contributed by atoms with Crippen LogP contribution in [0.15, 0.2) is 0 Å². The second-order valence-corrected chi connectivity index (χ2v) is 6.61. The van der Waals surface area contributed by atoms with Crippen LogP contribution in [-0.2, 0) is 14.6 Å². The first-order valence-corrected chi connectivity index (χ1v) is 6.33. The minimum absolute atomic E-state index is 0.183. The quantitative estimate of drug-likeness (QED) is 0.669. The second-order valence-electron chi connectivity index (χ2n) is 4.46. The van der Waals surface area contributed by atoms with Gasteiger partial charge in [-0.15, -0.1) is 0 Å². The molecule has 0 unspecified atom stereocenters. The van der Waals surface area contributed by atoms with Crippen LogP contribution in [0, 0.1) is 5.41 Å². The van der Waals surface area contributed by atoms with Crippen molar-refractivity contribution in [2.75, 3.05) is 31.3 Å². The Balaban J connectivity index is 1.70. The number of hydrogen-bond acceptors (Lipinski definition) is 4. The van der Waals surface area contributed by atoms with E-state index in [0.717, 1.165) is 19.8 Å². The van der Waals surface area contributed by atoms with Crippen LogP contribution in [-0.4, -0.2) is 45.7 Å². The molecule has 4 nitrogen and oxygen atoms in total. The summed E-state index contributed by atoms with van der Waals surface area (Å²) in [6, 6.07) is 0.183. The summed E-state index contributed by atoms with van der Waals surface area (Å²) >= 11 is 0. The lowest BCUT2D eigenvalue weighted by molar-refractivity contribution is -0.0997. The fourth-order valence-electron chi connectivity index (χ4n) is 1.63. The van der Waals surface area contributed by atoms with Crippen molar-refractivity contribution in [2.24, 2.45) is 5.41 Å². The summed E-state index contributed by atoms with van der Waals surface area (Å²) in [5.41, 5.74) is 0.235. The highest BCUT2D eigenvalue weighted by molar-refractivity contribution is 7.92. The monoisotopic (exact) mass is 205 g/mol. The predicted molar refractivity (Wildman–Crippen MR) is 49.4 cm³/mol. The molecule has 2 fully saturated rings. The third kappa shape index (κ3) is 2.03. The number of hydrogen-bond donors (Lipinski definition) is 1. The Kier molecular flexibility index (Phi) is 2.13. The highest BCUT2D eigenvalue weighted by Crippen LogP contribution is 2.25. The van der Waals surface area contributed by atoms with E-state index in [9.17, 15) is 8.42 Å². The van der Waals surface area contributed by atoms with Crippen molar-refractivity contribution in [1.82, 2.24) is 5.32 Å². The normalized spacial score (nSPS) is 30.5. The van der Waals surface area contributed by atoms with Crippen LogP contribution in [0.5, 0.6) is 0 Å². The van der Waals surface area contributed by atoms with Gasteiger partial charge in [0.1, 0.15) is 0 Å². The minimum atomic E-state index is -2.68. The summed E-state index contributed by atoms with van der Waals surface area (Å²) < 4.78 is 26.8. The van der Waals surface area contributed by atoms with Gasteiger partial charge in [0.05, 0.1) is 24.7 Å². The van der Waals surface area contributed by atoms with Gasteiger partial charge in [0, 0.05) is 18.0 Å². The molecule has 0 saturated carbocycles. The number of sulfone groups is 1. The molecule has 2 aliphatic rings. The van der Waals surface area contributed by atoms with Crippen molar-refractivity contribution in [1.29, 1.82) is 0 Å². The first-order valence-electron chi connectivity index (χ1n) is 4.51. The molecular formula is C8H15NO3S. The van der Waals surface area contributed by atoms with Gasteiger partial charge < -0.3 is 10.1 Å². The highest BCUT2D eigenvalue weighted by Gasteiger charge is 2.37. The molecule has 0 radical (unpaired) electrons. The van der Waals surface area contributed by atoms with Crippen molar-refractivity contribution in [3.05, 3.63) is 0 Å². The lowest BCUT2D eigenvalue weighted by atomic mass is 9.88. The van der Waals surface area contributed by atoms with Crippen molar-refractivity contribution in [3.8, 4) is 0 Å². The number of rotatable bonds is 3. The van der Waals surface area contributed by atoms with Crippen molar-refractivity contribution in [3.63, 3.8) is 0 Å². The largest absolute Gasteiger partial charge is 0.380 e. The van der Waals surface area contributed by atoms with E-state index in [-0.39, 0.29) is 11.5 Å². The summed E-state index contributed by atoms with van der Waals surface area (Å²) in [6.07, 6.45) is 0. The molecule has 13 heavy (non-hydrogen) atoms. The van der Waals surface area contributed by atoms with Gasteiger partial charge in [-0.25, -0.2) is 8.42 Å². The van der Waals surface area contributed by atoms with Gasteiger partial charge in [-0.1, -0.05) is 6.92 Å². The van der Waals surface area contributed by atoms with E-state index in [4.69, 9.17) is 4.74 Å². The molecule has 0 aromatic heterocycles. The van der Waals surface area contributed by atoms with Crippen LogP contribution in [0.25, 0.3) is 0 Å². The highest BCUT2D eigenvalue weighted by atomic mass is 32.2. The van der Waals surface area contributed by atoms with Crippen molar-refractivity contribution >= 4 is 9.84 Å². The maximum Gasteiger partial charge on any atom is 0.153 e. The van der Waals surface area contributed by atoms with Crippen molar-refractivity contribution in [2.45, 2.75) is 13.0 Å². The van der Waals surface area contributed by atoms with Crippen LogP contribution in [0.1, 0.15) is 6.92 Å². The van der Waals surface area contributed by atoms with E-state index in [1.54, 1.807) is 0 Å². The Morgan fingerprint density at radius 1 is 1.46 bits per heavy atom. The topological polar surface area (TPSA) is 55.4 Å². The molecule has 2 rings (SSSR count). The molecule has 0 atom stereocenters. The Bertz CT molecular complexity index is 283. The van der Waals surface area contributed by atoms with Gasteiger partial charge in [0.15, 0.2) is 9.84 Å². The molecule has 0 bridgehead atoms. The molecule has 76 valence electrons. The van der Waals surface area contributed by atoms with E-state index in [1.807, 2.05) is 0 Å². The molecule has 5 heteroatoms. The molecule has 0 spiro atoms. The molecule has 0 aromatic carbocycles. The fraction of sp³-hybridized carbons (Fsp3) is 1.00. The molecule has 0 amide bonds. The predicted octanol–water partition coefficient (Wildman–Crippen LogP) is -0.590. The Morgan fingerprint density at radius 3 is 2.46 bits per heavy atom. The summed E-state index contributed by atoms with van der Waals surface area (Å²) in [7, 11) is -2.68. The lowest BCUT2D eigenvalue weighted by Gasteiger charge is -2.40. The SMILES string of the molecule is CC1(CNC2CS(=O)(=O)C2)COC1. The van der Waals surface area contributed by atoms with Gasteiger partial charge in [-0.3, -0.25) is 0 Å². The maximum atomic E-state index is 10.8. The number of nitrogens with one attached hydrogen (secondary N) is 1. The minimum Gasteiger partial charge on any atom is -0.380 e. The molecule has 1 N–H and O–H groups in total. The smallest absolute Gasteiger partial charge is 0.153 e. The van der Waals surface area contributed by atoms with Gasteiger partial charge in [-0.05, 0) is 0 Å². The third-order valence-corrected chi connectivity index (χ3v) is 4.45. The van der Waals surface area contributed by atoms with E-state index < -0.39 is 9.84 Å². The fourth-order valence-corrected chi connectivity index (χ4v) is 2.99. The standard InChI is InChI=1S/C8H15NO3S/c1-8(5-12-6-8)4-9-7-2-13(10,11)3-7/h7,9H,2-6H2,1H3. The Hall–Kier alpha value is -0.130. The summed E-state index contributed by atoms with van der Waals surface area (Å²) in [6.45, 7) is 4.60. The average Bonchev–Trinajstić information content (AvgIpc) is 1.93. The van der Waals surface area contributed by atoms with Gasteiger partial charge in [-0.2, -0.15) is 0 Å². The molecule has 2 saturated heterocycles. The Morgan fingerprint density at radius 2 is 2.08 bits per heavy atom. The maximum absolute atomic E-state index is 10.8. The second kappa shape index (κ2) is 2.93. The first-order chi connectivity index (χ1) is 5.99. The molecule has 0 aliphatic carbocycles. The van der Waals surface area contributed by atoms with Crippen LogP contribution in [0.4, 0.5) is 0 Å². The summed E-state index contributed by atoms with van der Waals surface area (Å²) in [5.74, 6) is 0.619. The summed E-state index contributed by atoms with van der Waals surface area (Å²) in [4.78, 5) is 0. The molecule has 0 aromatic rings. The third-order valence-electron chi connectivity index (χ3n) is 2.63. The van der Waals surface area contributed by atoms with Crippen molar-refractivity contribution < 1.29 is 13.2 Å². The van der Waals surface area contributed by atoms with Gasteiger partial charge in [0.25, 0.3) is 0 Å². The zero-order chi connectivity index (χ0) is 9.53. The van der Waals surface area contributed by atoms with Gasteiger partial charge in [0.2, 0.25) is 0 Å². The lowest BCUT2D eigenvalue weighted by Crippen LogP contribution is -2.56. The van der Waals surface area contributed by atoms with E-state index in [0.29, 0.717) is 11.5 Å². The number of ether oxygens (including phenoxy) is 1. The van der Waals surface area contributed by atoms with Gasteiger partial charge >= 0.3 is 0 Å². The average molecular weight is 205 g/mol. The van der Waals surface area contributed by atoms with E-state index >= 15 is 0 Å². The van der Waals surface area contributed by atoms with Crippen LogP contribution >= 0.6 is 0 Å².